The molecule has 22 heavy (non-hydrogen) atoms. The maximum Gasteiger partial charge on any atom is 0.370 e. The van der Waals surface area contributed by atoms with Crippen LogP contribution in [0.2, 0.25) is 0 Å². The first-order chi connectivity index (χ1) is 10.2. The predicted molar refractivity (Wildman–Crippen MR) is 84.8 cm³/mol. The van der Waals surface area contributed by atoms with E-state index in [9.17, 15) is 0 Å². The Hall–Kier alpha value is -1.74. The van der Waals surface area contributed by atoms with Gasteiger partial charge in [0.1, 0.15) is 0 Å². The molecule has 0 N–H and O–H groups in total. The van der Waals surface area contributed by atoms with Crippen LogP contribution in [0, 0.1) is 0 Å². The molecule has 2 aromatic rings. The average molecular weight is 319 g/mol. The van der Waals surface area contributed by atoms with E-state index >= 15 is 0 Å². The van der Waals surface area contributed by atoms with Gasteiger partial charge in [-0.2, -0.15) is 4.57 Å². The first-order valence-corrected chi connectivity index (χ1v) is 7.71. The van der Waals surface area contributed by atoms with Crippen molar-refractivity contribution in [3.63, 3.8) is 0 Å². The van der Waals surface area contributed by atoms with Gasteiger partial charge in [0.25, 0.3) is 0 Å². The third-order valence-electron chi connectivity index (χ3n) is 3.75. The zero-order chi connectivity index (χ0) is 14.7. The van der Waals surface area contributed by atoms with E-state index in [0.717, 1.165) is 25.5 Å². The summed E-state index contributed by atoms with van der Waals surface area (Å²) in [5, 5.41) is 0. The van der Waals surface area contributed by atoms with Gasteiger partial charge in [-0.25, -0.2) is 0 Å². The Morgan fingerprint density at radius 2 is 1.86 bits per heavy atom. The quantitative estimate of drug-likeness (QED) is 0.723. The lowest BCUT2D eigenvalue weighted by Gasteiger charge is -2.32. The monoisotopic (exact) mass is 318 g/mol. The van der Waals surface area contributed by atoms with Gasteiger partial charge in [-0.05, 0) is 20.3 Å². The van der Waals surface area contributed by atoms with Crippen LogP contribution in [0.15, 0.2) is 48.7 Å². The number of pyridine rings is 1. The zero-order valence-electron chi connectivity index (χ0n) is 13.2. The lowest BCUT2D eigenvalue weighted by Crippen LogP contribution is -3.00. The van der Waals surface area contributed by atoms with E-state index in [-0.39, 0.29) is 18.5 Å². The van der Waals surface area contributed by atoms with Crippen LogP contribution >= 0.6 is 0 Å². The lowest BCUT2D eigenvalue weighted by atomic mass is 10.2. The Balaban J connectivity index is 0.00000176. The van der Waals surface area contributed by atoms with Crippen LogP contribution in [0.4, 0.5) is 5.69 Å². The molecule has 3 rings (SSSR count). The molecule has 118 valence electrons. The van der Waals surface area contributed by atoms with Gasteiger partial charge in [-0.1, -0.05) is 30.3 Å². The predicted octanol–water partition coefficient (Wildman–Crippen LogP) is 0.0237. The van der Waals surface area contributed by atoms with Crippen molar-refractivity contribution in [2.45, 2.75) is 32.9 Å². The summed E-state index contributed by atoms with van der Waals surface area (Å²) in [5.41, 5.74) is 2.55. The number of hydrogen-bond acceptors (Lipinski definition) is 2. The molecule has 3 nitrogen and oxygen atoms in total. The molecule has 1 fully saturated rings. The van der Waals surface area contributed by atoms with Crippen LogP contribution in [-0.2, 0) is 6.54 Å². The number of anilines is 1. The minimum absolute atomic E-state index is 0. The van der Waals surface area contributed by atoms with Crippen LogP contribution in [0.25, 0.3) is 0 Å². The molecule has 4 heteroatoms. The third kappa shape index (κ3) is 3.92. The number of nitrogens with zero attached hydrogens (tertiary/aromatic N) is 2. The molecule has 1 aromatic carbocycles. The van der Waals surface area contributed by atoms with E-state index < -0.39 is 0 Å². The van der Waals surface area contributed by atoms with Crippen LogP contribution < -0.4 is 26.6 Å². The minimum Gasteiger partial charge on any atom is -1.00 e. The molecule has 2 heterocycles. The summed E-state index contributed by atoms with van der Waals surface area (Å²) in [4.78, 5) is 2.39. The highest BCUT2D eigenvalue weighted by Gasteiger charge is 2.20. The van der Waals surface area contributed by atoms with Crippen LogP contribution in [0.3, 0.4) is 0 Å². The van der Waals surface area contributed by atoms with E-state index in [1.807, 2.05) is 6.07 Å². The highest BCUT2D eigenvalue weighted by molar-refractivity contribution is 5.48. The highest BCUT2D eigenvalue weighted by Crippen LogP contribution is 2.23. The second-order valence-corrected chi connectivity index (χ2v) is 5.84. The van der Waals surface area contributed by atoms with Crippen LogP contribution in [-0.4, -0.2) is 19.2 Å². The van der Waals surface area contributed by atoms with Gasteiger partial charge in [-0.15, -0.1) is 0 Å². The summed E-state index contributed by atoms with van der Waals surface area (Å²) < 4.78 is 8.19. The van der Waals surface area contributed by atoms with Crippen molar-refractivity contribution >= 4 is 5.69 Å². The van der Waals surface area contributed by atoms with Crippen molar-refractivity contribution in [2.75, 3.05) is 18.0 Å². The van der Waals surface area contributed by atoms with Gasteiger partial charge >= 0.3 is 5.88 Å². The summed E-state index contributed by atoms with van der Waals surface area (Å²) in [6.07, 6.45) is 3.61. The van der Waals surface area contributed by atoms with Crippen molar-refractivity contribution in [1.82, 2.24) is 0 Å². The molecule has 0 atom stereocenters. The van der Waals surface area contributed by atoms with E-state index in [1.165, 1.54) is 17.7 Å². The van der Waals surface area contributed by atoms with Gasteiger partial charge in [0.05, 0.1) is 17.9 Å². The Labute approximate surface area is 138 Å². The Bertz CT molecular complexity index is 597. The van der Waals surface area contributed by atoms with Gasteiger partial charge < -0.3 is 22.0 Å². The molecule has 0 spiro atoms. The second-order valence-electron chi connectivity index (χ2n) is 5.84. The summed E-state index contributed by atoms with van der Waals surface area (Å²) in [5.74, 6) is 0.943. The number of halogens is 1. The lowest BCUT2D eigenvalue weighted by molar-refractivity contribution is -0.694. The van der Waals surface area contributed by atoms with Gasteiger partial charge in [-0.3, -0.25) is 0 Å². The molecule has 0 aliphatic carbocycles. The molecular weight excluding hydrogens is 296 g/mol. The number of benzene rings is 1. The fourth-order valence-electron chi connectivity index (χ4n) is 2.52. The Morgan fingerprint density at radius 3 is 2.45 bits per heavy atom. The van der Waals surface area contributed by atoms with Gasteiger partial charge in [0.2, 0.25) is 0 Å². The van der Waals surface area contributed by atoms with Gasteiger partial charge in [0, 0.05) is 24.7 Å². The van der Waals surface area contributed by atoms with E-state index in [2.05, 4.69) is 65.9 Å². The average Bonchev–Trinajstić information content (AvgIpc) is 2.40. The molecule has 1 saturated heterocycles. The molecule has 0 saturated carbocycles. The van der Waals surface area contributed by atoms with Crippen molar-refractivity contribution in [3.05, 3.63) is 54.2 Å². The number of ether oxygens (including phenoxy) is 1. The largest absolute Gasteiger partial charge is 1.00 e. The molecule has 1 aromatic heterocycles. The number of aromatic nitrogens is 1. The maximum atomic E-state index is 6.01. The third-order valence-corrected chi connectivity index (χ3v) is 3.75. The second kappa shape index (κ2) is 7.50. The van der Waals surface area contributed by atoms with Gasteiger partial charge in [0.15, 0.2) is 12.7 Å². The van der Waals surface area contributed by atoms with E-state index in [0.29, 0.717) is 0 Å². The van der Waals surface area contributed by atoms with E-state index in [4.69, 9.17) is 4.74 Å². The summed E-state index contributed by atoms with van der Waals surface area (Å²) in [6.45, 7) is 7.29. The van der Waals surface area contributed by atoms with Crippen molar-refractivity contribution < 1.29 is 21.7 Å². The summed E-state index contributed by atoms with van der Waals surface area (Å²) in [6, 6.07) is 14.9. The van der Waals surface area contributed by atoms with Crippen molar-refractivity contribution in [1.29, 1.82) is 0 Å². The first-order valence-electron chi connectivity index (χ1n) is 7.71. The zero-order valence-corrected chi connectivity index (χ0v) is 14.0. The fraction of sp³-hybridized carbons (Fsp3) is 0.389. The first kappa shape index (κ1) is 16.6. The number of rotatable bonds is 5. The summed E-state index contributed by atoms with van der Waals surface area (Å²) >= 11 is 0. The van der Waals surface area contributed by atoms with E-state index in [1.54, 1.807) is 0 Å². The summed E-state index contributed by atoms with van der Waals surface area (Å²) in [7, 11) is 0. The molecule has 0 unspecified atom stereocenters. The molecule has 0 amide bonds. The standard InChI is InChI=1S/C18H23N2O.ClH/c1-15(2)21-18-13-17(19-10-6-11-19)9-12-20(18)14-16-7-4-3-5-8-16;/h3-5,7-9,12-13,15H,6,10-11,14H2,1-2H3;1H/q+1;/p-1. The maximum absolute atomic E-state index is 6.01. The molecule has 0 bridgehead atoms. The van der Waals surface area contributed by atoms with Crippen molar-refractivity contribution in [3.8, 4) is 5.88 Å². The smallest absolute Gasteiger partial charge is 0.370 e. The highest BCUT2D eigenvalue weighted by atomic mass is 35.5. The molecule has 0 radical (unpaired) electrons. The van der Waals surface area contributed by atoms with Crippen molar-refractivity contribution in [2.24, 2.45) is 0 Å². The Morgan fingerprint density at radius 1 is 1.14 bits per heavy atom. The topological polar surface area (TPSA) is 16.4 Å². The van der Waals surface area contributed by atoms with Crippen LogP contribution in [0.1, 0.15) is 25.8 Å². The molecule has 1 aliphatic rings. The minimum atomic E-state index is 0. The Kier molecular flexibility index (Phi) is 5.67. The molecular formula is C18H23ClN2O. The number of hydrogen-bond donors (Lipinski definition) is 0. The fourth-order valence-corrected chi connectivity index (χ4v) is 2.52. The molecule has 1 aliphatic heterocycles. The SMILES string of the molecule is CC(C)Oc1cc(N2CCC2)cc[n+]1Cc1ccccc1.[Cl-]. The van der Waals surface area contributed by atoms with Crippen LogP contribution in [0.5, 0.6) is 5.88 Å². The normalized spacial score (nSPS) is 13.5.